The van der Waals surface area contributed by atoms with Crippen LogP contribution >= 0.6 is 0 Å². The standard InChI is InChI=1S/C18H21N7.C2HF3O2/c1-15-4-5-16-14-24(18-19-6-2-7-20-18)11-10-23(17(16)22-15)12-13-25-9-3-8-21-25;3-2(4,5)1(6)7/h2-9H,10-14H2,1H3;(H,6,7). The van der Waals surface area contributed by atoms with E-state index in [1.807, 2.05) is 36.1 Å². The fraction of sp³-hybridized carbons (Fsp3) is 0.350. The molecule has 3 aromatic heterocycles. The molecule has 0 spiro atoms. The minimum Gasteiger partial charge on any atom is -0.475 e. The van der Waals surface area contributed by atoms with Gasteiger partial charge in [-0.3, -0.25) is 4.68 Å². The van der Waals surface area contributed by atoms with E-state index in [4.69, 9.17) is 14.9 Å². The van der Waals surface area contributed by atoms with Crippen molar-refractivity contribution >= 4 is 17.7 Å². The van der Waals surface area contributed by atoms with Gasteiger partial charge in [0.1, 0.15) is 5.82 Å². The number of nitrogens with zero attached hydrogens (tertiary/aromatic N) is 7. The highest BCUT2D eigenvalue weighted by Crippen LogP contribution is 2.25. The average Bonchev–Trinajstić information content (AvgIpc) is 3.21. The van der Waals surface area contributed by atoms with Crippen molar-refractivity contribution in [3.05, 3.63) is 60.3 Å². The summed E-state index contributed by atoms with van der Waals surface area (Å²) in [6.45, 7) is 6.25. The zero-order chi connectivity index (χ0) is 23.1. The molecule has 0 atom stereocenters. The number of fused-ring (bicyclic) bond motifs is 1. The first kappa shape index (κ1) is 23.0. The van der Waals surface area contributed by atoms with E-state index >= 15 is 0 Å². The molecule has 1 aliphatic heterocycles. The van der Waals surface area contributed by atoms with E-state index in [1.165, 1.54) is 5.56 Å². The van der Waals surface area contributed by atoms with E-state index in [1.54, 1.807) is 12.4 Å². The minimum atomic E-state index is -5.08. The fourth-order valence-electron chi connectivity index (χ4n) is 3.10. The number of hydrogen-bond donors (Lipinski definition) is 1. The predicted molar refractivity (Wildman–Crippen MR) is 110 cm³/mol. The van der Waals surface area contributed by atoms with E-state index < -0.39 is 12.1 Å². The van der Waals surface area contributed by atoms with Crippen molar-refractivity contribution in [3.8, 4) is 0 Å². The Bertz CT molecular complexity index is 1010. The summed E-state index contributed by atoms with van der Waals surface area (Å²) in [6, 6.07) is 8.03. The van der Waals surface area contributed by atoms with Crippen LogP contribution in [-0.4, -0.2) is 61.6 Å². The smallest absolute Gasteiger partial charge is 0.475 e. The molecule has 0 saturated heterocycles. The van der Waals surface area contributed by atoms with E-state index in [2.05, 4.69) is 37.0 Å². The van der Waals surface area contributed by atoms with E-state index in [0.717, 1.165) is 50.2 Å². The number of aromatic nitrogens is 5. The van der Waals surface area contributed by atoms with Gasteiger partial charge in [-0.1, -0.05) is 6.07 Å². The number of hydrogen-bond acceptors (Lipinski definition) is 7. The maximum Gasteiger partial charge on any atom is 0.490 e. The summed E-state index contributed by atoms with van der Waals surface area (Å²) in [7, 11) is 0. The number of alkyl halides is 3. The highest BCUT2D eigenvalue weighted by Gasteiger charge is 2.38. The van der Waals surface area contributed by atoms with Gasteiger partial charge in [-0.25, -0.2) is 19.7 Å². The van der Waals surface area contributed by atoms with Crippen molar-refractivity contribution in [3.63, 3.8) is 0 Å². The molecule has 170 valence electrons. The second-order valence-electron chi connectivity index (χ2n) is 6.96. The van der Waals surface area contributed by atoms with Crippen molar-refractivity contribution in [2.75, 3.05) is 29.4 Å². The van der Waals surface area contributed by atoms with Gasteiger partial charge in [0.15, 0.2) is 0 Å². The van der Waals surface area contributed by atoms with Crippen molar-refractivity contribution in [2.45, 2.75) is 26.2 Å². The Morgan fingerprint density at radius 3 is 2.44 bits per heavy atom. The molecule has 1 N–H and O–H groups in total. The highest BCUT2D eigenvalue weighted by atomic mass is 19.4. The normalized spacial score (nSPS) is 13.6. The molecule has 0 saturated carbocycles. The highest BCUT2D eigenvalue weighted by molar-refractivity contribution is 5.73. The van der Waals surface area contributed by atoms with Crippen LogP contribution in [0, 0.1) is 6.92 Å². The first-order chi connectivity index (χ1) is 15.2. The second kappa shape index (κ2) is 10.1. The Labute approximate surface area is 182 Å². The van der Waals surface area contributed by atoms with Gasteiger partial charge in [-0.2, -0.15) is 18.3 Å². The van der Waals surface area contributed by atoms with Gasteiger partial charge in [0, 0.05) is 62.2 Å². The van der Waals surface area contributed by atoms with Gasteiger partial charge in [0.25, 0.3) is 0 Å². The van der Waals surface area contributed by atoms with Crippen LogP contribution in [0.15, 0.2) is 49.1 Å². The van der Waals surface area contributed by atoms with Crippen LogP contribution in [0.2, 0.25) is 0 Å². The number of pyridine rings is 1. The SMILES string of the molecule is Cc1ccc2c(n1)N(CCn1cccn1)CCN(c1ncccn1)C2.O=C(O)C(F)(F)F. The molecule has 9 nitrogen and oxygen atoms in total. The molecule has 12 heteroatoms. The molecule has 0 aliphatic carbocycles. The first-order valence-corrected chi connectivity index (χ1v) is 9.75. The maximum absolute atomic E-state index is 10.6. The minimum absolute atomic E-state index is 0.767. The van der Waals surface area contributed by atoms with Crippen molar-refractivity contribution in [2.24, 2.45) is 0 Å². The zero-order valence-corrected chi connectivity index (χ0v) is 17.3. The monoisotopic (exact) mass is 449 g/mol. The molecule has 0 radical (unpaired) electrons. The lowest BCUT2D eigenvalue weighted by Crippen LogP contribution is -2.34. The summed E-state index contributed by atoms with van der Waals surface area (Å²) in [4.78, 5) is 27.1. The maximum atomic E-state index is 10.6. The number of halogens is 3. The number of aryl methyl sites for hydroxylation is 1. The first-order valence-electron chi connectivity index (χ1n) is 9.75. The van der Waals surface area contributed by atoms with Crippen LogP contribution < -0.4 is 9.80 Å². The molecule has 32 heavy (non-hydrogen) atoms. The van der Waals surface area contributed by atoms with Gasteiger partial charge < -0.3 is 14.9 Å². The molecule has 0 unspecified atom stereocenters. The predicted octanol–water partition coefficient (Wildman–Crippen LogP) is 2.54. The number of aliphatic carboxylic acids is 1. The molecule has 0 amide bonds. The third-order valence-corrected chi connectivity index (χ3v) is 4.63. The van der Waals surface area contributed by atoms with E-state index in [0.29, 0.717) is 0 Å². The van der Waals surface area contributed by atoms with Crippen molar-refractivity contribution in [1.82, 2.24) is 24.7 Å². The molecule has 0 aromatic carbocycles. The largest absolute Gasteiger partial charge is 0.490 e. The quantitative estimate of drug-likeness (QED) is 0.649. The van der Waals surface area contributed by atoms with Crippen LogP contribution in [0.1, 0.15) is 11.3 Å². The van der Waals surface area contributed by atoms with Crippen LogP contribution in [0.4, 0.5) is 24.9 Å². The lowest BCUT2D eigenvalue weighted by Gasteiger charge is -2.24. The number of anilines is 2. The van der Waals surface area contributed by atoms with Crippen LogP contribution in [0.3, 0.4) is 0 Å². The summed E-state index contributed by atoms with van der Waals surface area (Å²) >= 11 is 0. The van der Waals surface area contributed by atoms with E-state index in [9.17, 15) is 13.2 Å². The molecule has 1 aliphatic rings. The average molecular weight is 449 g/mol. The molecule has 4 heterocycles. The van der Waals surface area contributed by atoms with Gasteiger partial charge in [-0.15, -0.1) is 0 Å². The van der Waals surface area contributed by atoms with Gasteiger partial charge in [0.2, 0.25) is 5.95 Å². The Hall–Kier alpha value is -3.70. The summed E-state index contributed by atoms with van der Waals surface area (Å²) in [5.74, 6) is -0.930. The summed E-state index contributed by atoms with van der Waals surface area (Å²) in [5.41, 5.74) is 2.24. The Kier molecular flexibility index (Phi) is 7.23. The number of rotatable bonds is 4. The van der Waals surface area contributed by atoms with Gasteiger partial charge >= 0.3 is 12.1 Å². The van der Waals surface area contributed by atoms with Crippen molar-refractivity contribution < 1.29 is 23.1 Å². The number of carbonyl (C=O) groups is 1. The van der Waals surface area contributed by atoms with Crippen LogP contribution in [-0.2, 0) is 17.9 Å². The molecular weight excluding hydrogens is 427 g/mol. The molecule has 0 bridgehead atoms. The third kappa shape index (κ3) is 6.15. The third-order valence-electron chi connectivity index (χ3n) is 4.63. The summed E-state index contributed by atoms with van der Waals surface area (Å²) in [5, 5.41) is 11.4. The summed E-state index contributed by atoms with van der Waals surface area (Å²) < 4.78 is 33.7. The van der Waals surface area contributed by atoms with Crippen molar-refractivity contribution in [1.29, 1.82) is 0 Å². The van der Waals surface area contributed by atoms with Crippen LogP contribution in [0.25, 0.3) is 0 Å². The Morgan fingerprint density at radius 2 is 1.81 bits per heavy atom. The fourth-order valence-corrected chi connectivity index (χ4v) is 3.10. The lowest BCUT2D eigenvalue weighted by molar-refractivity contribution is -0.192. The van der Waals surface area contributed by atoms with E-state index in [-0.39, 0.29) is 0 Å². The molecule has 4 rings (SSSR count). The molecule has 0 fully saturated rings. The Morgan fingerprint density at radius 1 is 1.09 bits per heavy atom. The topological polar surface area (TPSA) is 100 Å². The number of carboxylic acid groups (broad SMARTS) is 1. The second-order valence-corrected chi connectivity index (χ2v) is 6.96. The zero-order valence-electron chi connectivity index (χ0n) is 17.3. The number of carboxylic acids is 1. The molecule has 3 aromatic rings. The van der Waals surface area contributed by atoms with Gasteiger partial charge in [0.05, 0.1) is 6.54 Å². The van der Waals surface area contributed by atoms with Gasteiger partial charge in [-0.05, 0) is 25.1 Å². The Balaban J connectivity index is 0.000000360. The molecular formula is C20H22F3N7O2. The summed E-state index contributed by atoms with van der Waals surface area (Å²) in [6.07, 6.45) is 2.30. The lowest BCUT2D eigenvalue weighted by atomic mass is 10.2. The van der Waals surface area contributed by atoms with Crippen LogP contribution in [0.5, 0.6) is 0 Å².